The Morgan fingerprint density at radius 1 is 1.11 bits per heavy atom. The molecule has 0 atom stereocenters. The summed E-state index contributed by atoms with van der Waals surface area (Å²) in [5, 5.41) is 15.3. The van der Waals surface area contributed by atoms with E-state index in [9.17, 15) is 13.2 Å². The summed E-state index contributed by atoms with van der Waals surface area (Å²) in [7, 11) is 0. The second-order valence-corrected chi connectivity index (χ2v) is 6.44. The SMILES string of the molecule is FC(F)(F)c1nccc(NC2CCN(c3ccc4nnc(Cl)n4n3)CC2)n1. The first kappa shape index (κ1) is 17.7. The van der Waals surface area contributed by atoms with Crippen molar-refractivity contribution in [3.8, 4) is 0 Å². The van der Waals surface area contributed by atoms with Crippen molar-refractivity contribution in [1.29, 1.82) is 0 Å². The number of anilines is 2. The predicted octanol–water partition coefficient (Wildman–Crippen LogP) is 2.67. The normalized spacial score (nSPS) is 16.1. The first-order chi connectivity index (χ1) is 12.9. The molecular weight excluding hydrogens is 385 g/mol. The lowest BCUT2D eigenvalue weighted by Crippen LogP contribution is -2.39. The number of piperidine rings is 1. The highest BCUT2D eigenvalue weighted by atomic mass is 35.5. The molecule has 1 saturated heterocycles. The van der Waals surface area contributed by atoms with Crippen molar-refractivity contribution in [3.63, 3.8) is 0 Å². The fourth-order valence-corrected chi connectivity index (χ4v) is 3.12. The number of rotatable bonds is 3. The highest BCUT2D eigenvalue weighted by Crippen LogP contribution is 2.27. The molecule has 0 aromatic carbocycles. The van der Waals surface area contributed by atoms with Crippen LogP contribution < -0.4 is 10.2 Å². The van der Waals surface area contributed by atoms with Crippen LogP contribution in [0, 0.1) is 0 Å². The van der Waals surface area contributed by atoms with E-state index in [1.54, 1.807) is 6.07 Å². The number of hydrogen-bond acceptors (Lipinski definition) is 7. The minimum Gasteiger partial charge on any atom is -0.367 e. The zero-order valence-electron chi connectivity index (χ0n) is 13.9. The minimum atomic E-state index is -4.56. The third kappa shape index (κ3) is 3.72. The summed E-state index contributed by atoms with van der Waals surface area (Å²) in [6.45, 7) is 1.38. The van der Waals surface area contributed by atoms with Gasteiger partial charge in [0, 0.05) is 25.3 Å². The van der Waals surface area contributed by atoms with Crippen molar-refractivity contribution in [2.24, 2.45) is 0 Å². The Morgan fingerprint density at radius 3 is 2.63 bits per heavy atom. The van der Waals surface area contributed by atoms with Gasteiger partial charge >= 0.3 is 6.18 Å². The summed E-state index contributed by atoms with van der Waals surface area (Å²) >= 11 is 5.95. The molecule has 0 radical (unpaired) electrons. The van der Waals surface area contributed by atoms with Crippen molar-refractivity contribution in [2.75, 3.05) is 23.3 Å². The van der Waals surface area contributed by atoms with E-state index >= 15 is 0 Å². The highest BCUT2D eigenvalue weighted by molar-refractivity contribution is 6.28. The second kappa shape index (κ2) is 6.80. The first-order valence-corrected chi connectivity index (χ1v) is 8.57. The Labute approximate surface area is 156 Å². The number of hydrogen-bond donors (Lipinski definition) is 1. The summed E-state index contributed by atoms with van der Waals surface area (Å²) in [4.78, 5) is 8.89. The lowest BCUT2D eigenvalue weighted by molar-refractivity contribution is -0.144. The van der Waals surface area contributed by atoms with E-state index in [-0.39, 0.29) is 17.1 Å². The summed E-state index contributed by atoms with van der Waals surface area (Å²) in [5.41, 5.74) is 0.560. The van der Waals surface area contributed by atoms with Gasteiger partial charge < -0.3 is 10.2 Å². The molecule has 3 aromatic heterocycles. The van der Waals surface area contributed by atoms with Gasteiger partial charge in [-0.3, -0.25) is 0 Å². The molecule has 4 rings (SSSR count). The maximum Gasteiger partial charge on any atom is 0.451 e. The number of alkyl halides is 3. The average molecular weight is 399 g/mol. The number of halogens is 4. The smallest absolute Gasteiger partial charge is 0.367 e. The molecule has 142 valence electrons. The van der Waals surface area contributed by atoms with E-state index < -0.39 is 12.0 Å². The van der Waals surface area contributed by atoms with Crippen LogP contribution in [0.2, 0.25) is 5.28 Å². The molecule has 12 heteroatoms. The van der Waals surface area contributed by atoms with Gasteiger partial charge in [-0.15, -0.1) is 15.3 Å². The van der Waals surface area contributed by atoms with Gasteiger partial charge in [-0.05, 0) is 42.6 Å². The molecule has 1 N–H and O–H groups in total. The molecule has 0 unspecified atom stereocenters. The van der Waals surface area contributed by atoms with Crippen molar-refractivity contribution < 1.29 is 13.2 Å². The van der Waals surface area contributed by atoms with E-state index in [1.165, 1.54) is 10.6 Å². The third-order valence-electron chi connectivity index (χ3n) is 4.29. The van der Waals surface area contributed by atoms with E-state index in [0.29, 0.717) is 18.7 Å². The first-order valence-electron chi connectivity index (χ1n) is 8.20. The summed E-state index contributed by atoms with van der Waals surface area (Å²) in [5.74, 6) is -0.233. The molecule has 1 aliphatic rings. The molecule has 0 spiro atoms. The third-order valence-corrected chi connectivity index (χ3v) is 4.53. The lowest BCUT2D eigenvalue weighted by atomic mass is 10.1. The Morgan fingerprint density at radius 2 is 1.89 bits per heavy atom. The van der Waals surface area contributed by atoms with E-state index in [1.807, 2.05) is 6.07 Å². The van der Waals surface area contributed by atoms with E-state index in [2.05, 4.69) is 35.5 Å². The topological polar surface area (TPSA) is 84.1 Å². The van der Waals surface area contributed by atoms with Crippen molar-refractivity contribution in [3.05, 3.63) is 35.5 Å². The fourth-order valence-electron chi connectivity index (χ4n) is 2.96. The van der Waals surface area contributed by atoms with Crippen LogP contribution in [-0.4, -0.2) is 48.9 Å². The van der Waals surface area contributed by atoms with Crippen LogP contribution in [0.1, 0.15) is 18.7 Å². The van der Waals surface area contributed by atoms with Crippen LogP contribution in [0.5, 0.6) is 0 Å². The maximum absolute atomic E-state index is 12.7. The predicted molar refractivity (Wildman–Crippen MR) is 91.7 cm³/mol. The highest BCUT2D eigenvalue weighted by Gasteiger charge is 2.34. The largest absolute Gasteiger partial charge is 0.451 e. The molecular formula is C15H14ClF3N8. The molecule has 27 heavy (non-hydrogen) atoms. The van der Waals surface area contributed by atoms with Gasteiger partial charge in [0.2, 0.25) is 11.1 Å². The average Bonchev–Trinajstić information content (AvgIpc) is 3.02. The Hall–Kier alpha value is -2.69. The van der Waals surface area contributed by atoms with Gasteiger partial charge in [-0.25, -0.2) is 9.97 Å². The van der Waals surface area contributed by atoms with Gasteiger partial charge in [-0.2, -0.15) is 17.7 Å². The molecule has 4 heterocycles. The fraction of sp³-hybridized carbons (Fsp3) is 0.400. The molecule has 0 aliphatic carbocycles. The number of fused-ring (bicyclic) bond motifs is 1. The van der Waals surface area contributed by atoms with Crippen LogP contribution in [0.4, 0.5) is 24.8 Å². The minimum absolute atomic E-state index is 0.0134. The summed E-state index contributed by atoms with van der Waals surface area (Å²) < 4.78 is 39.6. The van der Waals surface area contributed by atoms with Gasteiger partial charge in [-0.1, -0.05) is 0 Å². The van der Waals surface area contributed by atoms with Crippen LogP contribution in [-0.2, 0) is 6.18 Å². The summed E-state index contributed by atoms with van der Waals surface area (Å²) in [6, 6.07) is 5.07. The second-order valence-electron chi connectivity index (χ2n) is 6.10. The van der Waals surface area contributed by atoms with E-state index in [0.717, 1.165) is 24.9 Å². The van der Waals surface area contributed by atoms with Crippen LogP contribution in [0.15, 0.2) is 24.4 Å². The standard InChI is InChI=1S/C15H14ClF3N8/c16-14-24-23-11-1-2-12(25-27(11)14)26-7-4-9(5-8-26)21-10-3-6-20-13(22-10)15(17,18)19/h1-3,6,9H,4-5,7-8H2,(H,20,21,22). The number of nitrogens with one attached hydrogen (secondary N) is 1. The summed E-state index contributed by atoms with van der Waals surface area (Å²) in [6.07, 6.45) is -2.01. The quantitative estimate of drug-likeness (QED) is 0.726. The monoisotopic (exact) mass is 398 g/mol. The molecule has 8 nitrogen and oxygen atoms in total. The Balaban J connectivity index is 1.40. The Bertz CT molecular complexity index is 952. The Kier molecular flexibility index (Phi) is 4.46. The number of nitrogens with zero attached hydrogens (tertiary/aromatic N) is 7. The maximum atomic E-state index is 12.7. The zero-order chi connectivity index (χ0) is 19.0. The molecule has 0 bridgehead atoms. The van der Waals surface area contributed by atoms with Gasteiger partial charge in [0.15, 0.2) is 5.65 Å². The van der Waals surface area contributed by atoms with Crippen LogP contribution >= 0.6 is 11.6 Å². The zero-order valence-corrected chi connectivity index (χ0v) is 14.6. The molecule has 1 aliphatic heterocycles. The lowest BCUT2D eigenvalue weighted by Gasteiger charge is -2.33. The van der Waals surface area contributed by atoms with Gasteiger partial charge in [0.1, 0.15) is 11.6 Å². The molecule has 1 fully saturated rings. The van der Waals surface area contributed by atoms with Gasteiger partial charge in [0.25, 0.3) is 0 Å². The molecule has 0 saturated carbocycles. The van der Waals surface area contributed by atoms with Gasteiger partial charge in [0.05, 0.1) is 0 Å². The molecule has 0 amide bonds. The molecule has 3 aromatic rings. The van der Waals surface area contributed by atoms with Crippen LogP contribution in [0.3, 0.4) is 0 Å². The van der Waals surface area contributed by atoms with Crippen molar-refractivity contribution >= 4 is 28.9 Å². The van der Waals surface area contributed by atoms with Crippen molar-refractivity contribution in [2.45, 2.75) is 25.1 Å². The van der Waals surface area contributed by atoms with E-state index in [4.69, 9.17) is 11.6 Å². The van der Waals surface area contributed by atoms with Crippen molar-refractivity contribution in [1.82, 2.24) is 29.8 Å². The number of aromatic nitrogens is 6. The van der Waals surface area contributed by atoms with Crippen LogP contribution in [0.25, 0.3) is 5.65 Å².